The van der Waals surface area contributed by atoms with Crippen molar-refractivity contribution in [2.45, 2.75) is 63.5 Å². The molecule has 7 heteroatoms. The molecule has 1 aliphatic carbocycles. The first kappa shape index (κ1) is 17.4. The van der Waals surface area contributed by atoms with Crippen LogP contribution in [0.15, 0.2) is 6.20 Å². The molecule has 0 aromatic carbocycles. The smallest absolute Gasteiger partial charge is 0.273 e. The molecule has 1 aromatic heterocycles. The van der Waals surface area contributed by atoms with Gasteiger partial charge < -0.3 is 10.4 Å². The average Bonchev–Trinajstić information content (AvgIpc) is 3.13. The molecule has 7 nitrogen and oxygen atoms in total. The van der Waals surface area contributed by atoms with Crippen LogP contribution in [0.5, 0.6) is 0 Å². The van der Waals surface area contributed by atoms with Gasteiger partial charge in [-0.05, 0) is 38.6 Å². The Kier molecular flexibility index (Phi) is 6.20. The summed E-state index contributed by atoms with van der Waals surface area (Å²) in [6.45, 7) is 2.73. The van der Waals surface area contributed by atoms with Crippen molar-refractivity contribution in [3.05, 3.63) is 11.9 Å². The minimum absolute atomic E-state index is 0.0754. The Labute approximate surface area is 143 Å². The summed E-state index contributed by atoms with van der Waals surface area (Å²) in [7, 11) is 0. The minimum Gasteiger partial charge on any atom is -0.396 e. The highest BCUT2D eigenvalue weighted by Gasteiger charge is 2.28. The van der Waals surface area contributed by atoms with Crippen LogP contribution in [-0.2, 0) is 0 Å². The lowest BCUT2D eigenvalue weighted by Gasteiger charge is -2.39. The molecule has 1 amide bonds. The summed E-state index contributed by atoms with van der Waals surface area (Å²) < 4.78 is 1.87. The predicted molar refractivity (Wildman–Crippen MR) is 90.8 cm³/mol. The van der Waals surface area contributed by atoms with Crippen LogP contribution < -0.4 is 5.32 Å². The highest BCUT2D eigenvalue weighted by molar-refractivity contribution is 5.91. The van der Waals surface area contributed by atoms with Crippen molar-refractivity contribution in [3.8, 4) is 0 Å². The van der Waals surface area contributed by atoms with E-state index in [-0.39, 0.29) is 12.5 Å². The molecule has 1 aromatic rings. The zero-order valence-corrected chi connectivity index (χ0v) is 14.4. The number of aliphatic hydroxyl groups is 1. The van der Waals surface area contributed by atoms with E-state index in [9.17, 15) is 4.79 Å². The second-order valence-corrected chi connectivity index (χ2v) is 7.00. The summed E-state index contributed by atoms with van der Waals surface area (Å²) in [6, 6.07) is 1.04. The quantitative estimate of drug-likeness (QED) is 0.767. The normalized spacial score (nSPS) is 23.3. The summed E-state index contributed by atoms with van der Waals surface area (Å²) >= 11 is 0. The number of amides is 1. The lowest BCUT2D eigenvalue weighted by Crippen LogP contribution is -2.44. The summed E-state index contributed by atoms with van der Waals surface area (Å²) in [4.78, 5) is 14.6. The zero-order chi connectivity index (χ0) is 16.8. The van der Waals surface area contributed by atoms with Crippen LogP contribution in [0.25, 0.3) is 0 Å². The standard InChI is InChI=1S/C17H29N5O2/c23-11-5-9-18-17(24)16-13-22(20-19-16)15-8-4-10-21(12-15)14-6-2-1-3-7-14/h13-15,23H,1-12H2,(H,18,24)/t15-/m0/s1. The number of carbonyl (C=O) groups is 1. The van der Waals surface area contributed by atoms with Gasteiger partial charge >= 0.3 is 0 Å². The van der Waals surface area contributed by atoms with E-state index in [4.69, 9.17) is 5.11 Å². The van der Waals surface area contributed by atoms with E-state index in [1.165, 1.54) is 45.1 Å². The number of hydrogen-bond donors (Lipinski definition) is 2. The third kappa shape index (κ3) is 4.33. The topological polar surface area (TPSA) is 83.3 Å². The largest absolute Gasteiger partial charge is 0.396 e. The molecule has 1 atom stereocenters. The van der Waals surface area contributed by atoms with Crippen molar-refractivity contribution in [2.75, 3.05) is 26.2 Å². The van der Waals surface area contributed by atoms with Crippen molar-refractivity contribution in [3.63, 3.8) is 0 Å². The van der Waals surface area contributed by atoms with Gasteiger partial charge in [-0.1, -0.05) is 24.5 Å². The van der Waals surface area contributed by atoms with Crippen molar-refractivity contribution in [2.24, 2.45) is 0 Å². The second-order valence-electron chi connectivity index (χ2n) is 7.00. The number of piperidine rings is 1. The Hall–Kier alpha value is -1.47. The first-order chi connectivity index (χ1) is 11.8. The number of aromatic nitrogens is 3. The Morgan fingerprint density at radius 3 is 2.79 bits per heavy atom. The van der Waals surface area contributed by atoms with Crippen LogP contribution in [0.3, 0.4) is 0 Å². The average molecular weight is 335 g/mol. The zero-order valence-electron chi connectivity index (χ0n) is 14.4. The molecule has 1 saturated carbocycles. The number of likely N-dealkylation sites (tertiary alicyclic amines) is 1. The molecule has 1 aliphatic heterocycles. The molecule has 0 radical (unpaired) electrons. The first-order valence-corrected chi connectivity index (χ1v) is 9.33. The van der Waals surface area contributed by atoms with Crippen molar-refractivity contribution >= 4 is 5.91 Å². The Morgan fingerprint density at radius 2 is 2.00 bits per heavy atom. The fraction of sp³-hybridized carbons (Fsp3) is 0.824. The third-order valence-electron chi connectivity index (χ3n) is 5.26. The van der Waals surface area contributed by atoms with Crippen molar-refractivity contribution in [1.29, 1.82) is 0 Å². The fourth-order valence-electron chi connectivity index (χ4n) is 3.91. The lowest BCUT2D eigenvalue weighted by atomic mass is 9.92. The van der Waals surface area contributed by atoms with Gasteiger partial charge in [-0.25, -0.2) is 4.68 Å². The highest BCUT2D eigenvalue weighted by Crippen LogP contribution is 2.28. The van der Waals surface area contributed by atoms with E-state index in [1.54, 1.807) is 6.20 Å². The summed E-state index contributed by atoms with van der Waals surface area (Å²) in [6.07, 6.45) is 11.3. The van der Waals surface area contributed by atoms with Gasteiger partial charge in [0.25, 0.3) is 5.91 Å². The Balaban J connectivity index is 1.56. The number of nitrogens with zero attached hydrogens (tertiary/aromatic N) is 4. The SMILES string of the molecule is O=C(NCCCO)c1cn([C@H]2CCCN(C3CCCCC3)C2)nn1. The maximum atomic E-state index is 12.0. The van der Waals surface area contributed by atoms with Gasteiger partial charge in [0.2, 0.25) is 0 Å². The van der Waals surface area contributed by atoms with Gasteiger partial charge in [0.05, 0.1) is 12.2 Å². The molecule has 3 rings (SSSR count). The number of aliphatic hydroxyl groups excluding tert-OH is 1. The van der Waals surface area contributed by atoms with Crippen LogP contribution in [0.2, 0.25) is 0 Å². The Bertz CT molecular complexity index is 527. The number of nitrogens with one attached hydrogen (secondary N) is 1. The van der Waals surface area contributed by atoms with E-state index < -0.39 is 0 Å². The molecule has 0 unspecified atom stereocenters. The molecule has 0 spiro atoms. The molecule has 24 heavy (non-hydrogen) atoms. The minimum atomic E-state index is -0.213. The molecular formula is C17H29N5O2. The Morgan fingerprint density at radius 1 is 1.21 bits per heavy atom. The van der Waals surface area contributed by atoms with Crippen molar-refractivity contribution < 1.29 is 9.90 Å². The number of hydrogen-bond acceptors (Lipinski definition) is 5. The van der Waals surface area contributed by atoms with Crippen LogP contribution in [0.1, 0.15) is 67.9 Å². The third-order valence-corrected chi connectivity index (χ3v) is 5.26. The van der Waals surface area contributed by atoms with E-state index in [0.29, 0.717) is 24.7 Å². The monoisotopic (exact) mass is 335 g/mol. The van der Waals surface area contributed by atoms with E-state index >= 15 is 0 Å². The van der Waals surface area contributed by atoms with E-state index in [1.807, 2.05) is 4.68 Å². The molecule has 2 aliphatic rings. The van der Waals surface area contributed by atoms with Gasteiger partial charge in [-0.3, -0.25) is 9.69 Å². The van der Waals surface area contributed by atoms with Crippen LogP contribution in [0, 0.1) is 0 Å². The van der Waals surface area contributed by atoms with Gasteiger partial charge in [0, 0.05) is 25.7 Å². The summed E-state index contributed by atoms with van der Waals surface area (Å²) in [5, 5.41) is 19.7. The molecule has 0 bridgehead atoms. The maximum absolute atomic E-state index is 12.0. The molecule has 134 valence electrons. The highest BCUT2D eigenvalue weighted by atomic mass is 16.3. The van der Waals surface area contributed by atoms with E-state index in [0.717, 1.165) is 19.0 Å². The van der Waals surface area contributed by atoms with Gasteiger partial charge in [-0.2, -0.15) is 0 Å². The molecule has 2 heterocycles. The molecule has 2 fully saturated rings. The van der Waals surface area contributed by atoms with Crippen LogP contribution in [0.4, 0.5) is 0 Å². The molecule has 2 N–H and O–H groups in total. The number of carbonyl (C=O) groups excluding carboxylic acids is 1. The molecular weight excluding hydrogens is 306 g/mol. The summed E-state index contributed by atoms with van der Waals surface area (Å²) in [5.41, 5.74) is 0.364. The van der Waals surface area contributed by atoms with Gasteiger partial charge in [-0.15, -0.1) is 5.10 Å². The first-order valence-electron chi connectivity index (χ1n) is 9.33. The fourth-order valence-corrected chi connectivity index (χ4v) is 3.91. The van der Waals surface area contributed by atoms with Crippen LogP contribution in [-0.4, -0.2) is 63.2 Å². The van der Waals surface area contributed by atoms with Crippen LogP contribution >= 0.6 is 0 Å². The molecule has 1 saturated heterocycles. The predicted octanol–water partition coefficient (Wildman–Crippen LogP) is 1.36. The summed E-state index contributed by atoms with van der Waals surface area (Å²) in [5.74, 6) is -0.213. The van der Waals surface area contributed by atoms with Crippen molar-refractivity contribution in [1.82, 2.24) is 25.2 Å². The number of rotatable bonds is 6. The second kappa shape index (κ2) is 8.58. The lowest BCUT2D eigenvalue weighted by molar-refractivity contribution is 0.0944. The van der Waals surface area contributed by atoms with E-state index in [2.05, 4.69) is 20.5 Å². The van der Waals surface area contributed by atoms with Gasteiger partial charge in [0.15, 0.2) is 5.69 Å². The van der Waals surface area contributed by atoms with Gasteiger partial charge in [0.1, 0.15) is 0 Å². The maximum Gasteiger partial charge on any atom is 0.273 e.